The van der Waals surface area contributed by atoms with Crippen molar-refractivity contribution in [2.24, 2.45) is 5.92 Å². The molecule has 0 aliphatic carbocycles. The number of hydrogen-bond acceptors (Lipinski definition) is 4. The maximum atomic E-state index is 12.4. The minimum Gasteiger partial charge on any atom is -0.349 e. The van der Waals surface area contributed by atoms with Gasteiger partial charge in [0.25, 0.3) is 5.91 Å². The van der Waals surface area contributed by atoms with Crippen molar-refractivity contribution in [3.8, 4) is 0 Å². The molecule has 6 nitrogen and oxygen atoms in total. The summed E-state index contributed by atoms with van der Waals surface area (Å²) in [6.45, 7) is 7.35. The van der Waals surface area contributed by atoms with Crippen LogP contribution in [0.25, 0.3) is 0 Å². The number of rotatable bonds is 5. The average Bonchev–Trinajstić information content (AvgIpc) is 2.48. The monoisotopic (exact) mass is 375 g/mol. The number of carbonyl (C=O) groups is 1. The number of carbonyl (C=O) groups excluding carboxylic acids is 1. The van der Waals surface area contributed by atoms with Crippen LogP contribution in [0.15, 0.2) is 29.2 Å². The Bertz CT molecular complexity index is 664. The van der Waals surface area contributed by atoms with E-state index >= 15 is 0 Å². The van der Waals surface area contributed by atoms with Crippen LogP contribution in [0.1, 0.15) is 37.6 Å². The van der Waals surface area contributed by atoms with Crippen LogP contribution in [0.5, 0.6) is 0 Å². The first kappa shape index (κ1) is 20.9. The molecule has 1 aliphatic heterocycles. The number of piperidine rings is 1. The van der Waals surface area contributed by atoms with Gasteiger partial charge in [-0.1, -0.05) is 13.0 Å². The molecule has 8 heteroatoms. The molecule has 1 heterocycles. The summed E-state index contributed by atoms with van der Waals surface area (Å²) < 4.78 is 26.9. The minimum absolute atomic E-state index is 0. The Morgan fingerprint density at radius 3 is 2.67 bits per heavy atom. The van der Waals surface area contributed by atoms with Gasteiger partial charge in [0.05, 0.1) is 4.90 Å². The Hall–Kier alpha value is -1.15. The lowest BCUT2D eigenvalue weighted by Crippen LogP contribution is -2.48. The molecular formula is C16H26ClN3O3S. The second kappa shape index (κ2) is 8.80. The van der Waals surface area contributed by atoms with Crippen molar-refractivity contribution < 1.29 is 13.2 Å². The van der Waals surface area contributed by atoms with E-state index in [-0.39, 0.29) is 35.3 Å². The zero-order valence-corrected chi connectivity index (χ0v) is 15.8. The lowest BCUT2D eigenvalue weighted by Gasteiger charge is -2.30. The summed E-state index contributed by atoms with van der Waals surface area (Å²) in [5, 5.41) is 6.30. The van der Waals surface area contributed by atoms with E-state index in [0.29, 0.717) is 11.5 Å². The fourth-order valence-electron chi connectivity index (χ4n) is 2.66. The molecule has 2 unspecified atom stereocenters. The molecule has 1 saturated heterocycles. The first-order valence-corrected chi connectivity index (χ1v) is 9.42. The smallest absolute Gasteiger partial charge is 0.251 e. The van der Waals surface area contributed by atoms with Crippen LogP contribution in [0.3, 0.4) is 0 Å². The largest absolute Gasteiger partial charge is 0.349 e. The molecule has 1 aromatic carbocycles. The number of nitrogens with one attached hydrogen (secondary N) is 3. The number of hydrogen-bond donors (Lipinski definition) is 3. The maximum absolute atomic E-state index is 12.4. The molecule has 0 spiro atoms. The van der Waals surface area contributed by atoms with Crippen LogP contribution >= 0.6 is 12.4 Å². The number of sulfonamides is 1. The van der Waals surface area contributed by atoms with E-state index in [0.717, 1.165) is 19.5 Å². The summed E-state index contributed by atoms with van der Waals surface area (Å²) in [6, 6.07) is 6.05. The van der Waals surface area contributed by atoms with Crippen molar-refractivity contribution in [2.75, 3.05) is 13.1 Å². The second-order valence-electron chi connectivity index (χ2n) is 6.35. The quantitative estimate of drug-likeness (QED) is 0.728. The molecule has 2 rings (SSSR count). The number of halogens is 1. The molecule has 0 bridgehead atoms. The third kappa shape index (κ3) is 5.44. The van der Waals surface area contributed by atoms with Gasteiger partial charge in [0.15, 0.2) is 0 Å². The van der Waals surface area contributed by atoms with Gasteiger partial charge in [-0.3, -0.25) is 4.79 Å². The Balaban J connectivity index is 0.00000288. The van der Waals surface area contributed by atoms with Crippen molar-refractivity contribution in [1.29, 1.82) is 0 Å². The molecule has 0 aromatic heterocycles. The molecule has 3 N–H and O–H groups in total. The second-order valence-corrected chi connectivity index (χ2v) is 8.07. The maximum Gasteiger partial charge on any atom is 0.251 e. The molecule has 1 fully saturated rings. The molecule has 1 aliphatic rings. The molecule has 0 saturated carbocycles. The van der Waals surface area contributed by atoms with Crippen LogP contribution in [0.2, 0.25) is 0 Å². The highest BCUT2D eigenvalue weighted by molar-refractivity contribution is 7.89. The van der Waals surface area contributed by atoms with Crippen molar-refractivity contribution in [3.05, 3.63) is 29.8 Å². The Morgan fingerprint density at radius 2 is 2.04 bits per heavy atom. The van der Waals surface area contributed by atoms with Crippen molar-refractivity contribution in [2.45, 2.75) is 44.2 Å². The zero-order chi connectivity index (χ0) is 17.0. The third-order valence-electron chi connectivity index (χ3n) is 3.90. The van der Waals surface area contributed by atoms with Crippen molar-refractivity contribution >= 4 is 28.3 Å². The van der Waals surface area contributed by atoms with Crippen LogP contribution < -0.4 is 15.4 Å². The SMILES string of the molecule is CC(C)NS(=O)(=O)c1cccc(C(=O)NC2CCNCC2C)c1.Cl. The van der Waals surface area contributed by atoms with Crippen LogP contribution in [-0.4, -0.2) is 39.5 Å². The van der Waals surface area contributed by atoms with Gasteiger partial charge in [-0.2, -0.15) is 0 Å². The van der Waals surface area contributed by atoms with Gasteiger partial charge >= 0.3 is 0 Å². The van der Waals surface area contributed by atoms with Gasteiger partial charge in [0.2, 0.25) is 10.0 Å². The first-order chi connectivity index (χ1) is 10.8. The van der Waals surface area contributed by atoms with Gasteiger partial charge in [-0.05, 0) is 57.5 Å². The van der Waals surface area contributed by atoms with Crippen molar-refractivity contribution in [1.82, 2.24) is 15.4 Å². The van der Waals surface area contributed by atoms with Crippen LogP contribution in [0.4, 0.5) is 0 Å². The molecule has 24 heavy (non-hydrogen) atoms. The topological polar surface area (TPSA) is 87.3 Å². The van der Waals surface area contributed by atoms with E-state index in [4.69, 9.17) is 0 Å². The van der Waals surface area contributed by atoms with Gasteiger partial charge in [0, 0.05) is 17.6 Å². The Kier molecular flexibility index (Phi) is 7.66. The fourth-order valence-corrected chi connectivity index (χ4v) is 3.96. The van der Waals surface area contributed by atoms with E-state index in [9.17, 15) is 13.2 Å². The molecular weight excluding hydrogens is 350 g/mol. The summed E-state index contributed by atoms with van der Waals surface area (Å²) in [6.07, 6.45) is 0.875. The van der Waals surface area contributed by atoms with Gasteiger partial charge in [-0.15, -0.1) is 12.4 Å². The summed E-state index contributed by atoms with van der Waals surface area (Å²) in [4.78, 5) is 12.5. The summed E-state index contributed by atoms with van der Waals surface area (Å²) in [5.74, 6) is 0.118. The molecule has 1 aromatic rings. The summed E-state index contributed by atoms with van der Waals surface area (Å²) in [7, 11) is -3.60. The highest BCUT2D eigenvalue weighted by atomic mass is 35.5. The van der Waals surface area contributed by atoms with E-state index in [1.54, 1.807) is 26.0 Å². The molecule has 2 atom stereocenters. The van der Waals surface area contributed by atoms with E-state index in [2.05, 4.69) is 22.3 Å². The normalized spacial score (nSPS) is 21.2. The lowest BCUT2D eigenvalue weighted by molar-refractivity contribution is 0.0914. The number of benzene rings is 1. The summed E-state index contributed by atoms with van der Waals surface area (Å²) in [5.41, 5.74) is 0.363. The average molecular weight is 376 g/mol. The zero-order valence-electron chi connectivity index (χ0n) is 14.2. The standard InChI is InChI=1S/C16H25N3O3S.ClH/c1-11(2)19-23(21,22)14-6-4-5-13(9-14)16(20)18-15-7-8-17-10-12(15)3;/h4-6,9,11-12,15,17,19H,7-8,10H2,1-3H3,(H,18,20);1H. The summed E-state index contributed by atoms with van der Waals surface area (Å²) >= 11 is 0. The van der Waals surface area contributed by atoms with E-state index in [1.807, 2.05) is 0 Å². The highest BCUT2D eigenvalue weighted by Crippen LogP contribution is 2.14. The lowest BCUT2D eigenvalue weighted by atomic mass is 9.95. The molecule has 136 valence electrons. The highest BCUT2D eigenvalue weighted by Gasteiger charge is 2.24. The van der Waals surface area contributed by atoms with Crippen LogP contribution in [-0.2, 0) is 10.0 Å². The minimum atomic E-state index is -3.60. The third-order valence-corrected chi connectivity index (χ3v) is 5.56. The van der Waals surface area contributed by atoms with Crippen LogP contribution in [0, 0.1) is 5.92 Å². The predicted octanol–water partition coefficient (Wildman–Crippen LogP) is 1.52. The number of amides is 1. The fraction of sp³-hybridized carbons (Fsp3) is 0.562. The first-order valence-electron chi connectivity index (χ1n) is 7.93. The van der Waals surface area contributed by atoms with Gasteiger partial charge < -0.3 is 10.6 Å². The molecule has 1 amide bonds. The predicted molar refractivity (Wildman–Crippen MR) is 97.1 cm³/mol. The van der Waals surface area contributed by atoms with E-state index in [1.165, 1.54) is 12.1 Å². The molecule has 0 radical (unpaired) electrons. The van der Waals surface area contributed by atoms with E-state index < -0.39 is 10.0 Å². The Morgan fingerprint density at radius 1 is 1.33 bits per heavy atom. The van der Waals surface area contributed by atoms with Crippen molar-refractivity contribution in [3.63, 3.8) is 0 Å². The Labute approximate surface area is 150 Å². The van der Waals surface area contributed by atoms with Gasteiger partial charge in [0.1, 0.15) is 0 Å². The van der Waals surface area contributed by atoms with Gasteiger partial charge in [-0.25, -0.2) is 13.1 Å².